The molecule has 108 valence electrons. The van der Waals surface area contributed by atoms with Crippen LogP contribution in [0.4, 0.5) is 0 Å². The number of hydrogen-bond donors (Lipinski definition) is 2. The molecule has 6 heteroatoms. The van der Waals surface area contributed by atoms with Crippen LogP contribution in [0, 0.1) is 11.3 Å². The highest BCUT2D eigenvalue weighted by atomic mass is 16.5. The van der Waals surface area contributed by atoms with Gasteiger partial charge in [-0.05, 0) is 6.07 Å². The maximum absolute atomic E-state index is 9.46. The van der Waals surface area contributed by atoms with Crippen LogP contribution in [0.15, 0.2) is 34.5 Å². The molecule has 3 rings (SSSR count). The number of nitrogens with zero attached hydrogens (tertiary/aromatic N) is 2. The van der Waals surface area contributed by atoms with E-state index in [1.165, 1.54) is 0 Å². The molecule has 3 N–H and O–H groups in total. The summed E-state index contributed by atoms with van der Waals surface area (Å²) in [5.41, 5.74) is 8.69. The minimum atomic E-state index is -0.328. The molecule has 0 unspecified atom stereocenters. The summed E-state index contributed by atoms with van der Waals surface area (Å²) in [5, 5.41) is 16.7. The zero-order chi connectivity index (χ0) is 15.2. The van der Waals surface area contributed by atoms with E-state index >= 15 is 0 Å². The van der Waals surface area contributed by atoms with Crippen LogP contribution in [0.3, 0.4) is 0 Å². The Balaban J connectivity index is 2.26. The van der Waals surface area contributed by atoms with Gasteiger partial charge in [-0.25, -0.2) is 0 Å². The number of aromatic amines is 1. The van der Waals surface area contributed by atoms with E-state index in [0.717, 1.165) is 16.8 Å². The number of fused-ring (bicyclic) bond motifs is 1. The third-order valence-corrected chi connectivity index (χ3v) is 3.57. The quantitative estimate of drug-likeness (QED) is 0.837. The lowest BCUT2D eigenvalue weighted by Crippen LogP contribution is -2.23. The summed E-state index contributed by atoms with van der Waals surface area (Å²) in [4.78, 5) is 0. The maximum atomic E-state index is 9.46. The molecule has 2 aromatic heterocycles. The van der Waals surface area contributed by atoms with Crippen molar-refractivity contribution < 1.29 is 9.15 Å². The standard InChI is InChI=1S/C15H16N4O2/c1-15(2,3)12-11-10(8-4-5-20-7-8)9(6-16)13(17)21-14(11)19-18-12/h4-5,7,10H,17H2,1-3H3,(H,18,19)/t10-/m0/s1. The SMILES string of the molecule is CC(C)(C)c1[nH]nc2c1[C@@H](c1ccoc1)C(C#N)=C(N)O2. The molecule has 0 fully saturated rings. The van der Waals surface area contributed by atoms with Crippen LogP contribution < -0.4 is 10.5 Å². The van der Waals surface area contributed by atoms with Crippen LogP contribution in [-0.2, 0) is 5.41 Å². The monoisotopic (exact) mass is 284 g/mol. The number of furan rings is 1. The van der Waals surface area contributed by atoms with Gasteiger partial charge in [0.2, 0.25) is 11.8 Å². The molecule has 6 nitrogen and oxygen atoms in total. The van der Waals surface area contributed by atoms with E-state index in [-0.39, 0.29) is 17.2 Å². The van der Waals surface area contributed by atoms with E-state index in [2.05, 4.69) is 37.0 Å². The van der Waals surface area contributed by atoms with Crippen LogP contribution in [0.25, 0.3) is 0 Å². The van der Waals surface area contributed by atoms with Crippen molar-refractivity contribution in [2.45, 2.75) is 32.1 Å². The lowest BCUT2D eigenvalue weighted by atomic mass is 9.79. The van der Waals surface area contributed by atoms with Crippen molar-refractivity contribution in [2.24, 2.45) is 5.73 Å². The number of hydrogen-bond acceptors (Lipinski definition) is 5. The molecule has 0 bridgehead atoms. The predicted molar refractivity (Wildman–Crippen MR) is 75.3 cm³/mol. The second kappa shape index (κ2) is 4.42. The van der Waals surface area contributed by atoms with Crippen molar-refractivity contribution >= 4 is 0 Å². The topological polar surface area (TPSA) is 101 Å². The summed E-state index contributed by atoms with van der Waals surface area (Å²) >= 11 is 0. The second-order valence-corrected chi connectivity index (χ2v) is 6.05. The largest absolute Gasteiger partial charge is 0.472 e. The lowest BCUT2D eigenvalue weighted by Gasteiger charge is -2.26. The van der Waals surface area contributed by atoms with E-state index in [1.807, 2.05) is 6.07 Å². The molecule has 1 aliphatic heterocycles. The van der Waals surface area contributed by atoms with Gasteiger partial charge in [0.15, 0.2) is 0 Å². The van der Waals surface area contributed by atoms with Crippen molar-refractivity contribution in [3.8, 4) is 11.9 Å². The first-order valence-electron chi connectivity index (χ1n) is 6.62. The highest BCUT2D eigenvalue weighted by Crippen LogP contribution is 2.45. The fraction of sp³-hybridized carbons (Fsp3) is 0.333. The van der Waals surface area contributed by atoms with Gasteiger partial charge in [-0.1, -0.05) is 20.8 Å². The van der Waals surface area contributed by atoms with E-state index in [0.29, 0.717) is 11.5 Å². The third-order valence-electron chi connectivity index (χ3n) is 3.57. The van der Waals surface area contributed by atoms with Gasteiger partial charge in [0.1, 0.15) is 11.6 Å². The predicted octanol–water partition coefficient (Wildman–Crippen LogP) is 2.52. The van der Waals surface area contributed by atoms with E-state index < -0.39 is 0 Å². The number of H-pyrrole nitrogens is 1. The average Bonchev–Trinajstić information content (AvgIpc) is 3.04. The second-order valence-electron chi connectivity index (χ2n) is 6.05. The Kier molecular flexibility index (Phi) is 2.80. The number of nitrogens with two attached hydrogens (primary N) is 1. The minimum absolute atomic E-state index is 0.0863. The van der Waals surface area contributed by atoms with Crippen molar-refractivity contribution in [1.29, 1.82) is 5.26 Å². The van der Waals surface area contributed by atoms with Crippen molar-refractivity contribution in [3.63, 3.8) is 0 Å². The molecule has 0 saturated heterocycles. The molecule has 1 atom stereocenters. The van der Waals surface area contributed by atoms with Gasteiger partial charge in [0.05, 0.1) is 24.0 Å². The summed E-state index contributed by atoms with van der Waals surface area (Å²) in [6.07, 6.45) is 3.19. The summed E-state index contributed by atoms with van der Waals surface area (Å²) in [5.74, 6) is 0.177. The summed E-state index contributed by atoms with van der Waals surface area (Å²) in [7, 11) is 0. The van der Waals surface area contributed by atoms with Crippen LogP contribution in [0.1, 0.15) is 43.5 Å². The van der Waals surface area contributed by atoms with Gasteiger partial charge in [0, 0.05) is 16.7 Å². The normalized spacial score (nSPS) is 18.1. The first-order chi connectivity index (χ1) is 9.93. The smallest absolute Gasteiger partial charge is 0.244 e. The van der Waals surface area contributed by atoms with Gasteiger partial charge in [-0.2, -0.15) is 5.26 Å². The van der Waals surface area contributed by atoms with Crippen LogP contribution in [-0.4, -0.2) is 10.2 Å². The third kappa shape index (κ3) is 1.98. The van der Waals surface area contributed by atoms with Crippen LogP contribution in [0.2, 0.25) is 0 Å². The molecule has 0 aliphatic carbocycles. The first-order valence-corrected chi connectivity index (χ1v) is 6.62. The molecular weight excluding hydrogens is 268 g/mol. The van der Waals surface area contributed by atoms with Gasteiger partial charge in [0.25, 0.3) is 0 Å². The van der Waals surface area contributed by atoms with E-state index in [9.17, 15) is 5.26 Å². The van der Waals surface area contributed by atoms with Crippen molar-refractivity contribution in [2.75, 3.05) is 0 Å². The Bertz CT molecular complexity index is 742. The molecule has 0 aromatic carbocycles. The molecule has 21 heavy (non-hydrogen) atoms. The molecule has 0 amide bonds. The first kappa shape index (κ1) is 13.3. The number of aromatic nitrogens is 2. The summed E-state index contributed by atoms with van der Waals surface area (Å²) < 4.78 is 10.7. The van der Waals surface area contributed by atoms with Crippen molar-refractivity contribution in [3.05, 3.63) is 46.9 Å². The number of rotatable bonds is 1. The van der Waals surface area contributed by atoms with Crippen LogP contribution >= 0.6 is 0 Å². The fourth-order valence-electron chi connectivity index (χ4n) is 2.59. The maximum Gasteiger partial charge on any atom is 0.244 e. The lowest BCUT2D eigenvalue weighted by molar-refractivity contribution is 0.378. The van der Waals surface area contributed by atoms with Gasteiger partial charge in [-0.3, -0.25) is 5.10 Å². The molecule has 2 aromatic rings. The molecule has 0 spiro atoms. The fourth-order valence-corrected chi connectivity index (χ4v) is 2.59. The van der Waals surface area contributed by atoms with Crippen molar-refractivity contribution in [1.82, 2.24) is 10.2 Å². The highest BCUT2D eigenvalue weighted by molar-refractivity contribution is 5.55. The Morgan fingerprint density at radius 3 is 2.76 bits per heavy atom. The number of nitriles is 1. The number of ether oxygens (including phenoxy) is 1. The average molecular weight is 284 g/mol. The zero-order valence-corrected chi connectivity index (χ0v) is 12.1. The number of nitrogens with one attached hydrogen (secondary N) is 1. The number of allylic oxidation sites excluding steroid dienone is 1. The van der Waals surface area contributed by atoms with Gasteiger partial charge < -0.3 is 14.9 Å². The molecule has 1 aliphatic rings. The molecule has 3 heterocycles. The Hall–Kier alpha value is -2.68. The summed E-state index contributed by atoms with van der Waals surface area (Å²) in [6, 6.07) is 3.97. The molecule has 0 saturated carbocycles. The van der Waals surface area contributed by atoms with Gasteiger partial charge >= 0.3 is 0 Å². The zero-order valence-electron chi connectivity index (χ0n) is 12.1. The highest BCUT2D eigenvalue weighted by Gasteiger charge is 2.38. The van der Waals surface area contributed by atoms with Crippen LogP contribution in [0.5, 0.6) is 5.88 Å². The Morgan fingerprint density at radius 1 is 1.43 bits per heavy atom. The Labute approximate surface area is 122 Å². The Morgan fingerprint density at radius 2 is 2.19 bits per heavy atom. The molecule has 0 radical (unpaired) electrons. The van der Waals surface area contributed by atoms with Gasteiger partial charge in [-0.15, -0.1) is 5.10 Å². The summed E-state index contributed by atoms with van der Waals surface area (Å²) in [6.45, 7) is 6.21. The minimum Gasteiger partial charge on any atom is -0.472 e. The van der Waals surface area contributed by atoms with E-state index in [1.54, 1.807) is 12.5 Å². The molecular formula is C15H16N4O2. The van der Waals surface area contributed by atoms with E-state index in [4.69, 9.17) is 14.9 Å².